The lowest BCUT2D eigenvalue weighted by atomic mass is 10.1. The van der Waals surface area contributed by atoms with Crippen molar-refractivity contribution in [2.75, 3.05) is 0 Å². The van der Waals surface area contributed by atoms with Gasteiger partial charge < -0.3 is 5.32 Å². The largest absolute Gasteiger partial charge is 0.345 e. The maximum absolute atomic E-state index is 12.3. The fourth-order valence-corrected chi connectivity index (χ4v) is 2.54. The highest BCUT2D eigenvalue weighted by atomic mass is 35.5. The number of carbonyl (C=O) groups is 2. The first-order valence-electron chi connectivity index (χ1n) is 6.33. The van der Waals surface area contributed by atoms with Crippen LogP contribution in [0.1, 0.15) is 39.2 Å². The van der Waals surface area contributed by atoms with Gasteiger partial charge in [-0.15, -0.1) is 0 Å². The number of halogens is 2. The summed E-state index contributed by atoms with van der Waals surface area (Å²) in [5.41, 5.74) is 1.64. The van der Waals surface area contributed by atoms with Crippen molar-refractivity contribution in [3.8, 4) is 0 Å². The molecular formula is C16H13Cl2NO2. The monoisotopic (exact) mass is 321 g/mol. The van der Waals surface area contributed by atoms with Crippen LogP contribution in [0.2, 0.25) is 10.0 Å². The number of hydrogen-bond acceptors (Lipinski definition) is 2. The van der Waals surface area contributed by atoms with E-state index in [4.69, 9.17) is 23.2 Å². The molecule has 0 heterocycles. The summed E-state index contributed by atoms with van der Waals surface area (Å²) in [7, 11) is 0. The molecule has 2 aromatic rings. The molecule has 21 heavy (non-hydrogen) atoms. The lowest BCUT2D eigenvalue weighted by Crippen LogP contribution is -2.27. The van der Waals surface area contributed by atoms with Crippen molar-refractivity contribution in [3.63, 3.8) is 0 Å². The standard InChI is InChI=1S/C16H13Cl2NO2/c1-10(12-5-2-4-11(8-12)9-20)19-16(21)15-13(17)6-3-7-14(15)18/h2-10H,1H3,(H,19,21). The average molecular weight is 322 g/mol. The van der Waals surface area contributed by atoms with Gasteiger partial charge in [0.1, 0.15) is 6.29 Å². The number of nitrogens with one attached hydrogen (secondary N) is 1. The first-order valence-corrected chi connectivity index (χ1v) is 7.08. The van der Waals surface area contributed by atoms with Crippen LogP contribution in [0.25, 0.3) is 0 Å². The highest BCUT2D eigenvalue weighted by Gasteiger charge is 2.17. The number of hydrogen-bond donors (Lipinski definition) is 1. The van der Waals surface area contributed by atoms with Crippen LogP contribution in [0.4, 0.5) is 0 Å². The maximum Gasteiger partial charge on any atom is 0.254 e. The zero-order valence-corrected chi connectivity index (χ0v) is 12.8. The van der Waals surface area contributed by atoms with E-state index in [-0.39, 0.29) is 17.5 Å². The van der Waals surface area contributed by atoms with Crippen molar-refractivity contribution < 1.29 is 9.59 Å². The molecule has 0 spiro atoms. The molecule has 2 rings (SSSR count). The quantitative estimate of drug-likeness (QED) is 0.853. The highest BCUT2D eigenvalue weighted by Crippen LogP contribution is 2.25. The van der Waals surface area contributed by atoms with Crippen molar-refractivity contribution in [2.24, 2.45) is 0 Å². The third-order valence-corrected chi connectivity index (χ3v) is 3.71. The minimum atomic E-state index is -0.352. The smallest absolute Gasteiger partial charge is 0.254 e. The van der Waals surface area contributed by atoms with Crippen LogP contribution in [0.3, 0.4) is 0 Å². The molecule has 0 aliphatic carbocycles. The van der Waals surface area contributed by atoms with Gasteiger partial charge in [0.2, 0.25) is 0 Å². The molecule has 0 saturated heterocycles. The van der Waals surface area contributed by atoms with Gasteiger partial charge in [-0.05, 0) is 30.7 Å². The van der Waals surface area contributed by atoms with Crippen LogP contribution >= 0.6 is 23.2 Å². The Labute approximate surface area is 132 Å². The zero-order chi connectivity index (χ0) is 15.4. The van der Waals surface area contributed by atoms with E-state index in [9.17, 15) is 9.59 Å². The van der Waals surface area contributed by atoms with Crippen LogP contribution in [-0.2, 0) is 0 Å². The first-order chi connectivity index (χ1) is 10.0. The highest BCUT2D eigenvalue weighted by molar-refractivity contribution is 6.39. The Balaban J connectivity index is 2.20. The molecule has 0 radical (unpaired) electrons. The molecule has 1 amide bonds. The molecular weight excluding hydrogens is 309 g/mol. The normalized spacial score (nSPS) is 11.8. The van der Waals surface area contributed by atoms with Gasteiger partial charge in [-0.25, -0.2) is 0 Å². The second-order valence-electron chi connectivity index (χ2n) is 4.58. The Bertz CT molecular complexity index is 665. The molecule has 108 valence electrons. The minimum absolute atomic E-state index is 0.249. The summed E-state index contributed by atoms with van der Waals surface area (Å²) in [6.45, 7) is 1.83. The minimum Gasteiger partial charge on any atom is -0.345 e. The fraction of sp³-hybridized carbons (Fsp3) is 0.125. The molecule has 1 atom stereocenters. The van der Waals surface area contributed by atoms with Gasteiger partial charge in [0, 0.05) is 5.56 Å². The van der Waals surface area contributed by atoms with Crippen LogP contribution in [0.5, 0.6) is 0 Å². The maximum atomic E-state index is 12.3. The van der Waals surface area contributed by atoms with Crippen molar-refractivity contribution in [1.82, 2.24) is 5.32 Å². The van der Waals surface area contributed by atoms with Gasteiger partial charge in [0.15, 0.2) is 0 Å². The fourth-order valence-electron chi connectivity index (χ4n) is 1.97. The average Bonchev–Trinajstić information content (AvgIpc) is 2.47. The molecule has 5 heteroatoms. The van der Waals surface area contributed by atoms with Crippen molar-refractivity contribution in [1.29, 1.82) is 0 Å². The number of rotatable bonds is 4. The van der Waals surface area contributed by atoms with E-state index in [1.165, 1.54) is 0 Å². The zero-order valence-electron chi connectivity index (χ0n) is 11.3. The number of amides is 1. The molecule has 0 bridgehead atoms. The number of benzene rings is 2. The van der Waals surface area contributed by atoms with Gasteiger partial charge >= 0.3 is 0 Å². The number of carbonyl (C=O) groups excluding carboxylic acids is 2. The Hall–Kier alpha value is -1.84. The third-order valence-electron chi connectivity index (χ3n) is 3.08. The van der Waals surface area contributed by atoms with Gasteiger partial charge in [0.25, 0.3) is 5.91 Å². The van der Waals surface area contributed by atoms with E-state index >= 15 is 0 Å². The lowest BCUT2D eigenvalue weighted by Gasteiger charge is -2.16. The summed E-state index contributed by atoms with van der Waals surface area (Å²) in [6, 6.07) is 11.7. The molecule has 0 saturated carbocycles. The van der Waals surface area contributed by atoms with E-state index in [1.54, 1.807) is 36.4 Å². The van der Waals surface area contributed by atoms with Crippen LogP contribution in [0, 0.1) is 0 Å². The van der Waals surface area contributed by atoms with Crippen molar-refractivity contribution in [3.05, 3.63) is 69.2 Å². The van der Waals surface area contributed by atoms with Gasteiger partial charge in [-0.1, -0.05) is 47.5 Å². The van der Waals surface area contributed by atoms with E-state index in [0.29, 0.717) is 15.6 Å². The molecule has 3 nitrogen and oxygen atoms in total. The lowest BCUT2D eigenvalue weighted by molar-refractivity contribution is 0.0940. The van der Waals surface area contributed by atoms with Gasteiger partial charge in [0.05, 0.1) is 21.7 Å². The SMILES string of the molecule is CC(NC(=O)c1c(Cl)cccc1Cl)c1cccc(C=O)c1. The Morgan fingerprint density at radius 1 is 1.14 bits per heavy atom. The molecule has 0 aliphatic heterocycles. The van der Waals surface area contributed by atoms with E-state index < -0.39 is 0 Å². The summed E-state index contributed by atoms with van der Waals surface area (Å²) in [5, 5.41) is 3.42. The van der Waals surface area contributed by atoms with Crippen molar-refractivity contribution >= 4 is 35.4 Å². The number of aldehydes is 1. The second-order valence-corrected chi connectivity index (χ2v) is 5.39. The predicted octanol–water partition coefficient (Wildman–Crippen LogP) is 4.30. The molecule has 2 aromatic carbocycles. The third kappa shape index (κ3) is 3.63. The summed E-state index contributed by atoms with van der Waals surface area (Å²) in [4.78, 5) is 23.1. The van der Waals surface area contributed by atoms with E-state index in [1.807, 2.05) is 13.0 Å². The second kappa shape index (κ2) is 6.74. The topological polar surface area (TPSA) is 46.2 Å². The van der Waals surface area contributed by atoms with Gasteiger partial charge in [-0.2, -0.15) is 0 Å². The van der Waals surface area contributed by atoms with Crippen LogP contribution < -0.4 is 5.32 Å². The molecule has 0 aliphatic rings. The van der Waals surface area contributed by atoms with Crippen LogP contribution in [-0.4, -0.2) is 12.2 Å². The first kappa shape index (κ1) is 15.5. The Morgan fingerprint density at radius 2 is 1.76 bits per heavy atom. The summed E-state index contributed by atoms with van der Waals surface area (Å²) in [5.74, 6) is -0.352. The molecule has 0 fully saturated rings. The molecule has 1 unspecified atom stereocenters. The van der Waals surface area contributed by atoms with E-state index in [0.717, 1.165) is 11.8 Å². The summed E-state index contributed by atoms with van der Waals surface area (Å²) >= 11 is 12.0. The Kier molecular flexibility index (Phi) is 4.99. The molecule has 1 N–H and O–H groups in total. The van der Waals surface area contributed by atoms with E-state index in [2.05, 4.69) is 5.32 Å². The van der Waals surface area contributed by atoms with Crippen LogP contribution in [0.15, 0.2) is 42.5 Å². The predicted molar refractivity (Wildman–Crippen MR) is 84.2 cm³/mol. The summed E-state index contributed by atoms with van der Waals surface area (Å²) < 4.78 is 0. The van der Waals surface area contributed by atoms with Crippen molar-refractivity contribution in [2.45, 2.75) is 13.0 Å². The summed E-state index contributed by atoms with van der Waals surface area (Å²) in [6.07, 6.45) is 0.767. The van der Waals surface area contributed by atoms with Gasteiger partial charge in [-0.3, -0.25) is 9.59 Å². The Morgan fingerprint density at radius 3 is 2.38 bits per heavy atom. The molecule has 0 aromatic heterocycles.